The first-order chi connectivity index (χ1) is 12.2. The zero-order chi connectivity index (χ0) is 17.5. The van der Waals surface area contributed by atoms with Crippen molar-refractivity contribution in [2.45, 2.75) is 13.0 Å². The Labute approximate surface area is 154 Å². The molecule has 0 unspecified atom stereocenters. The number of nitrogens with one attached hydrogen (secondary N) is 1. The van der Waals surface area contributed by atoms with E-state index in [1.165, 1.54) is 5.56 Å². The van der Waals surface area contributed by atoms with E-state index in [9.17, 15) is 4.79 Å². The molecule has 0 spiro atoms. The van der Waals surface area contributed by atoms with E-state index in [2.05, 4.69) is 21.2 Å². The molecule has 0 radical (unpaired) electrons. The Hall–Kier alpha value is -2.53. The Morgan fingerprint density at radius 2 is 1.76 bits per heavy atom. The average molecular weight is 400 g/mol. The number of furan rings is 1. The number of halogens is 1. The zero-order valence-corrected chi connectivity index (χ0v) is 15.2. The van der Waals surface area contributed by atoms with Crippen LogP contribution in [0.5, 0.6) is 5.75 Å². The van der Waals surface area contributed by atoms with Crippen LogP contribution in [0.4, 0.5) is 0 Å². The van der Waals surface area contributed by atoms with E-state index in [4.69, 9.17) is 9.15 Å². The predicted molar refractivity (Wildman–Crippen MR) is 99.7 cm³/mol. The topological polar surface area (TPSA) is 51.5 Å². The lowest BCUT2D eigenvalue weighted by Crippen LogP contribution is -2.25. The highest BCUT2D eigenvalue weighted by atomic mass is 79.9. The van der Waals surface area contributed by atoms with Crippen LogP contribution < -0.4 is 10.1 Å². The SMILES string of the molecule is O=C(NCCc1ccccc1)c1ccc(COc2ccc(Br)cc2)o1. The fourth-order valence-electron chi connectivity index (χ4n) is 2.31. The summed E-state index contributed by atoms with van der Waals surface area (Å²) in [5.74, 6) is 1.43. The maximum absolute atomic E-state index is 12.1. The number of hydrogen-bond donors (Lipinski definition) is 1. The van der Waals surface area contributed by atoms with Crippen molar-refractivity contribution in [3.8, 4) is 5.75 Å². The number of hydrogen-bond acceptors (Lipinski definition) is 3. The Morgan fingerprint density at radius 1 is 1.00 bits per heavy atom. The van der Waals surface area contributed by atoms with Crippen LogP contribution in [0, 0.1) is 0 Å². The molecule has 0 bridgehead atoms. The Morgan fingerprint density at radius 3 is 2.52 bits per heavy atom. The largest absolute Gasteiger partial charge is 0.486 e. The van der Waals surface area contributed by atoms with Gasteiger partial charge in [0.1, 0.15) is 18.1 Å². The third-order valence-corrected chi connectivity index (χ3v) is 4.15. The molecule has 2 aromatic carbocycles. The van der Waals surface area contributed by atoms with Crippen LogP contribution in [0.2, 0.25) is 0 Å². The van der Waals surface area contributed by atoms with Crippen molar-refractivity contribution in [1.82, 2.24) is 5.32 Å². The van der Waals surface area contributed by atoms with Gasteiger partial charge in [0, 0.05) is 11.0 Å². The first kappa shape index (κ1) is 17.3. The van der Waals surface area contributed by atoms with E-state index < -0.39 is 0 Å². The molecule has 25 heavy (non-hydrogen) atoms. The maximum atomic E-state index is 12.1. The van der Waals surface area contributed by atoms with Gasteiger partial charge in [-0.25, -0.2) is 0 Å². The normalized spacial score (nSPS) is 10.4. The van der Waals surface area contributed by atoms with E-state index in [1.54, 1.807) is 12.1 Å². The van der Waals surface area contributed by atoms with Gasteiger partial charge in [0.15, 0.2) is 5.76 Å². The van der Waals surface area contributed by atoms with Crippen LogP contribution in [0.1, 0.15) is 21.9 Å². The molecule has 3 rings (SSSR count). The molecule has 3 aromatic rings. The number of benzene rings is 2. The summed E-state index contributed by atoms with van der Waals surface area (Å²) in [7, 11) is 0. The summed E-state index contributed by atoms with van der Waals surface area (Å²) in [6.45, 7) is 0.840. The standard InChI is InChI=1S/C20H18BrNO3/c21-16-6-8-17(9-7-16)24-14-18-10-11-19(25-18)20(23)22-13-12-15-4-2-1-3-5-15/h1-11H,12-14H2,(H,22,23). The van der Waals surface area contributed by atoms with Gasteiger partial charge in [-0.05, 0) is 48.4 Å². The predicted octanol–water partition coefficient (Wildman–Crippen LogP) is 4.59. The summed E-state index contributed by atoms with van der Waals surface area (Å²) < 4.78 is 12.2. The van der Waals surface area contributed by atoms with Crippen molar-refractivity contribution >= 4 is 21.8 Å². The lowest BCUT2D eigenvalue weighted by molar-refractivity contribution is 0.0922. The molecule has 128 valence electrons. The summed E-state index contributed by atoms with van der Waals surface area (Å²) >= 11 is 3.38. The van der Waals surface area contributed by atoms with Gasteiger partial charge in [0.25, 0.3) is 5.91 Å². The van der Waals surface area contributed by atoms with Crippen LogP contribution in [-0.4, -0.2) is 12.5 Å². The van der Waals surface area contributed by atoms with Gasteiger partial charge >= 0.3 is 0 Å². The molecule has 0 aliphatic carbocycles. The Balaban J connectivity index is 1.47. The molecule has 1 heterocycles. The molecule has 0 aliphatic heterocycles. The van der Waals surface area contributed by atoms with Crippen molar-refractivity contribution in [2.75, 3.05) is 6.54 Å². The molecule has 0 atom stereocenters. The second-order valence-electron chi connectivity index (χ2n) is 5.50. The Bertz CT molecular complexity index is 812. The zero-order valence-electron chi connectivity index (χ0n) is 13.6. The molecule has 1 amide bonds. The summed E-state index contributed by atoms with van der Waals surface area (Å²) in [6.07, 6.45) is 0.785. The highest BCUT2D eigenvalue weighted by Gasteiger charge is 2.11. The van der Waals surface area contributed by atoms with Crippen LogP contribution in [-0.2, 0) is 13.0 Å². The van der Waals surface area contributed by atoms with Gasteiger partial charge in [-0.15, -0.1) is 0 Å². The van der Waals surface area contributed by atoms with Gasteiger partial charge in [-0.3, -0.25) is 4.79 Å². The van der Waals surface area contributed by atoms with Crippen LogP contribution in [0.15, 0.2) is 75.6 Å². The summed E-state index contributed by atoms with van der Waals surface area (Å²) in [4.78, 5) is 12.1. The van der Waals surface area contributed by atoms with Gasteiger partial charge in [-0.2, -0.15) is 0 Å². The minimum atomic E-state index is -0.217. The highest BCUT2D eigenvalue weighted by Crippen LogP contribution is 2.18. The second-order valence-corrected chi connectivity index (χ2v) is 6.42. The average Bonchev–Trinajstić information content (AvgIpc) is 3.11. The summed E-state index contributed by atoms with van der Waals surface area (Å²) in [5.41, 5.74) is 1.19. The van der Waals surface area contributed by atoms with Gasteiger partial charge in [0.05, 0.1) is 0 Å². The molecular formula is C20H18BrNO3. The third kappa shape index (κ3) is 5.22. The van der Waals surface area contributed by atoms with Crippen molar-refractivity contribution in [3.05, 3.63) is 88.3 Å². The van der Waals surface area contributed by atoms with Crippen molar-refractivity contribution in [1.29, 1.82) is 0 Å². The molecule has 0 aliphatic rings. The first-order valence-corrected chi connectivity index (χ1v) is 8.79. The lowest BCUT2D eigenvalue weighted by atomic mass is 10.1. The van der Waals surface area contributed by atoms with Crippen LogP contribution >= 0.6 is 15.9 Å². The fraction of sp³-hybridized carbons (Fsp3) is 0.150. The maximum Gasteiger partial charge on any atom is 0.287 e. The van der Waals surface area contributed by atoms with E-state index in [-0.39, 0.29) is 12.5 Å². The monoisotopic (exact) mass is 399 g/mol. The van der Waals surface area contributed by atoms with E-state index >= 15 is 0 Å². The molecular weight excluding hydrogens is 382 g/mol. The van der Waals surface area contributed by atoms with Gasteiger partial charge in [0.2, 0.25) is 0 Å². The van der Waals surface area contributed by atoms with Gasteiger partial charge in [-0.1, -0.05) is 46.3 Å². The minimum absolute atomic E-state index is 0.217. The number of carbonyl (C=O) groups excluding carboxylic acids is 1. The fourth-order valence-corrected chi connectivity index (χ4v) is 2.58. The number of carbonyl (C=O) groups is 1. The van der Waals surface area contributed by atoms with E-state index in [1.807, 2.05) is 54.6 Å². The number of amides is 1. The first-order valence-electron chi connectivity index (χ1n) is 8.00. The molecule has 1 aromatic heterocycles. The quantitative estimate of drug-likeness (QED) is 0.631. The van der Waals surface area contributed by atoms with Crippen molar-refractivity contribution < 1.29 is 13.9 Å². The molecule has 0 fully saturated rings. The molecule has 5 heteroatoms. The van der Waals surface area contributed by atoms with Crippen LogP contribution in [0.25, 0.3) is 0 Å². The molecule has 1 N–H and O–H groups in total. The highest BCUT2D eigenvalue weighted by molar-refractivity contribution is 9.10. The van der Waals surface area contributed by atoms with Crippen molar-refractivity contribution in [3.63, 3.8) is 0 Å². The van der Waals surface area contributed by atoms with E-state index in [0.717, 1.165) is 16.6 Å². The second kappa shape index (κ2) is 8.53. The molecule has 0 saturated heterocycles. The van der Waals surface area contributed by atoms with Crippen LogP contribution in [0.3, 0.4) is 0 Å². The van der Waals surface area contributed by atoms with E-state index in [0.29, 0.717) is 18.1 Å². The summed E-state index contributed by atoms with van der Waals surface area (Å²) in [5, 5.41) is 2.86. The minimum Gasteiger partial charge on any atom is -0.486 e. The number of rotatable bonds is 7. The van der Waals surface area contributed by atoms with Gasteiger partial charge < -0.3 is 14.5 Å². The lowest BCUT2D eigenvalue weighted by Gasteiger charge is -2.05. The third-order valence-electron chi connectivity index (χ3n) is 3.62. The van der Waals surface area contributed by atoms with Crippen molar-refractivity contribution in [2.24, 2.45) is 0 Å². The molecule has 4 nitrogen and oxygen atoms in total. The number of ether oxygens (including phenoxy) is 1. The smallest absolute Gasteiger partial charge is 0.287 e. The molecule has 0 saturated carbocycles. The summed E-state index contributed by atoms with van der Waals surface area (Å²) in [6, 6.07) is 21.0. The Kier molecular flexibility index (Phi) is 5.90.